The molecule has 0 fully saturated rings. The quantitative estimate of drug-likeness (QED) is 0.0976. The fourth-order valence-corrected chi connectivity index (χ4v) is 6.55. The molecule has 0 spiro atoms. The molecule has 9 heteroatoms. The van der Waals surface area contributed by atoms with Crippen molar-refractivity contribution in [1.82, 2.24) is 0 Å². The van der Waals surface area contributed by atoms with Crippen molar-refractivity contribution in [2.24, 2.45) is 0 Å². The van der Waals surface area contributed by atoms with Gasteiger partial charge in [-0.2, -0.15) is 0 Å². The van der Waals surface area contributed by atoms with E-state index in [-0.39, 0.29) is 47.5 Å². The van der Waals surface area contributed by atoms with Gasteiger partial charge in [0.05, 0.1) is 9.79 Å². The van der Waals surface area contributed by atoms with Gasteiger partial charge in [-0.1, -0.05) is 89.8 Å². The van der Waals surface area contributed by atoms with E-state index in [9.17, 15) is 25.9 Å². The molecule has 0 aromatic heterocycles. The molecule has 0 heterocycles. The predicted octanol–water partition coefficient (Wildman–Crippen LogP) is 8.48. The van der Waals surface area contributed by atoms with Gasteiger partial charge in [-0.05, 0) is 119 Å². The summed E-state index contributed by atoms with van der Waals surface area (Å²) in [6.07, 6.45) is 12.5. The maximum Gasteiger partial charge on any atom is 2.00 e. The van der Waals surface area contributed by atoms with Crippen molar-refractivity contribution in [3.8, 4) is 0 Å². The standard InChI is InChI=1S/2C18H24O3S.Ca/c2*1-3-5-7-14-9-10-15(8-6-4-2)18-13-16(22(19,20)21)11-12-17(14)18;/h2*9-13H,3-8H2,1-2H3,(H,19,20,21);/q;;+2/p-2. The van der Waals surface area contributed by atoms with Crippen LogP contribution >= 0.6 is 0 Å². The van der Waals surface area contributed by atoms with Gasteiger partial charge in [0.2, 0.25) is 0 Å². The Hall–Kier alpha value is -1.52. The average molecular weight is 679 g/mol. The third kappa shape index (κ3) is 11.3. The predicted molar refractivity (Wildman–Crippen MR) is 184 cm³/mol. The summed E-state index contributed by atoms with van der Waals surface area (Å²) < 4.78 is 67.8. The van der Waals surface area contributed by atoms with Crippen LogP contribution in [0.15, 0.2) is 70.5 Å². The van der Waals surface area contributed by atoms with E-state index in [1.165, 1.54) is 23.3 Å². The van der Waals surface area contributed by atoms with Crippen molar-refractivity contribution in [3.63, 3.8) is 0 Å². The summed E-state index contributed by atoms with van der Waals surface area (Å²) in [6, 6.07) is 18.0. The molecule has 4 rings (SSSR count). The normalized spacial score (nSPS) is 11.7. The smallest absolute Gasteiger partial charge is 0.744 e. The van der Waals surface area contributed by atoms with Crippen LogP contribution in [0, 0.1) is 0 Å². The van der Waals surface area contributed by atoms with E-state index in [2.05, 4.69) is 52.0 Å². The summed E-state index contributed by atoms with van der Waals surface area (Å²) in [5, 5.41) is 3.99. The van der Waals surface area contributed by atoms with Gasteiger partial charge in [0.15, 0.2) is 0 Å². The Bertz CT molecular complexity index is 1630. The molecule has 0 N–H and O–H groups in total. The summed E-state index contributed by atoms with van der Waals surface area (Å²) >= 11 is 0. The van der Waals surface area contributed by atoms with Crippen LogP contribution in [0.2, 0.25) is 0 Å². The number of rotatable bonds is 14. The summed E-state index contributed by atoms with van der Waals surface area (Å²) in [7, 11) is -8.82. The van der Waals surface area contributed by atoms with E-state index >= 15 is 0 Å². The molecule has 0 bridgehead atoms. The molecule has 45 heavy (non-hydrogen) atoms. The monoisotopic (exact) mass is 678 g/mol. The van der Waals surface area contributed by atoms with Crippen LogP contribution < -0.4 is 0 Å². The molecular weight excluding hydrogens is 633 g/mol. The first-order valence-corrected chi connectivity index (χ1v) is 18.8. The van der Waals surface area contributed by atoms with Gasteiger partial charge in [0.25, 0.3) is 0 Å². The Kier molecular flexibility index (Phi) is 16.5. The average Bonchev–Trinajstić information content (AvgIpc) is 3.00. The molecule has 6 nitrogen and oxygen atoms in total. The number of fused-ring (bicyclic) bond motifs is 2. The summed E-state index contributed by atoms with van der Waals surface area (Å²) in [4.78, 5) is -0.268. The zero-order valence-electron chi connectivity index (χ0n) is 27.2. The summed E-state index contributed by atoms with van der Waals surface area (Å²) in [5.74, 6) is 0. The third-order valence-corrected chi connectivity index (χ3v) is 9.78. The van der Waals surface area contributed by atoms with Crippen LogP contribution in [-0.2, 0) is 45.9 Å². The van der Waals surface area contributed by atoms with Crippen molar-refractivity contribution in [1.29, 1.82) is 0 Å². The Balaban J connectivity index is 0.000000307. The molecule has 0 aliphatic rings. The molecule has 0 amide bonds. The molecule has 240 valence electrons. The first kappa shape index (κ1) is 39.7. The molecule has 0 aliphatic carbocycles. The van der Waals surface area contributed by atoms with Crippen molar-refractivity contribution < 1.29 is 25.9 Å². The zero-order chi connectivity index (χ0) is 32.3. The third-order valence-electron chi connectivity index (χ3n) is 8.11. The van der Waals surface area contributed by atoms with Gasteiger partial charge in [0.1, 0.15) is 20.2 Å². The molecule has 4 aromatic rings. The number of unbranched alkanes of at least 4 members (excludes halogenated alkanes) is 4. The molecule has 0 saturated carbocycles. The van der Waals surface area contributed by atoms with Crippen molar-refractivity contribution >= 4 is 79.5 Å². The summed E-state index contributed by atoms with van der Waals surface area (Å²) in [5.41, 5.74) is 4.71. The van der Waals surface area contributed by atoms with Gasteiger partial charge >= 0.3 is 37.7 Å². The molecule has 0 aliphatic heterocycles. The molecule has 0 unspecified atom stereocenters. The molecule has 0 radical (unpaired) electrons. The minimum atomic E-state index is -4.41. The number of hydrogen-bond donors (Lipinski definition) is 0. The topological polar surface area (TPSA) is 114 Å². The molecule has 4 aromatic carbocycles. The van der Waals surface area contributed by atoms with Crippen LogP contribution in [0.4, 0.5) is 0 Å². The van der Waals surface area contributed by atoms with Crippen molar-refractivity contribution in [2.75, 3.05) is 0 Å². The van der Waals surface area contributed by atoms with Gasteiger partial charge in [-0.25, -0.2) is 16.8 Å². The van der Waals surface area contributed by atoms with E-state index in [1.807, 2.05) is 0 Å². The number of hydrogen-bond acceptors (Lipinski definition) is 6. The number of benzene rings is 4. The Labute approximate surface area is 300 Å². The largest absolute Gasteiger partial charge is 2.00 e. The zero-order valence-corrected chi connectivity index (χ0v) is 31.1. The SMILES string of the molecule is CCCCc1ccc(CCCC)c2cc(S(=O)(=O)[O-])ccc12.CCCCc1ccc(CCCC)c2cc(S(=O)(=O)[O-])ccc12.[Ca+2]. The maximum atomic E-state index is 11.3. The Morgan fingerprint density at radius 1 is 0.444 bits per heavy atom. The van der Waals surface area contributed by atoms with E-state index in [0.717, 1.165) is 110 Å². The second kappa shape index (κ2) is 18.7. The van der Waals surface area contributed by atoms with E-state index in [0.29, 0.717) is 0 Å². The fourth-order valence-electron chi connectivity index (χ4n) is 5.55. The van der Waals surface area contributed by atoms with Crippen LogP contribution in [0.3, 0.4) is 0 Å². The van der Waals surface area contributed by atoms with Crippen LogP contribution in [0.1, 0.15) is 101 Å². The van der Waals surface area contributed by atoms with Gasteiger partial charge in [-0.3, -0.25) is 0 Å². The van der Waals surface area contributed by atoms with Crippen molar-refractivity contribution in [2.45, 2.75) is 115 Å². The van der Waals surface area contributed by atoms with Crippen molar-refractivity contribution in [3.05, 3.63) is 82.9 Å². The van der Waals surface area contributed by atoms with E-state index in [1.54, 1.807) is 24.3 Å². The minimum Gasteiger partial charge on any atom is -0.744 e. The molecular formula is C36H46CaO6S2. The summed E-state index contributed by atoms with van der Waals surface area (Å²) in [6.45, 7) is 8.57. The van der Waals surface area contributed by atoms with Crippen LogP contribution in [0.25, 0.3) is 21.5 Å². The second-order valence-electron chi connectivity index (χ2n) is 11.5. The van der Waals surface area contributed by atoms with Crippen LogP contribution in [-0.4, -0.2) is 63.7 Å². The number of aryl methyl sites for hydroxylation is 4. The van der Waals surface area contributed by atoms with Gasteiger partial charge in [0, 0.05) is 0 Å². The first-order valence-electron chi connectivity index (χ1n) is 15.9. The van der Waals surface area contributed by atoms with Crippen LogP contribution in [0.5, 0.6) is 0 Å². The first-order chi connectivity index (χ1) is 20.9. The minimum absolute atomic E-state index is 0. The second-order valence-corrected chi connectivity index (χ2v) is 14.3. The van der Waals surface area contributed by atoms with Gasteiger partial charge < -0.3 is 9.11 Å². The van der Waals surface area contributed by atoms with E-state index < -0.39 is 20.2 Å². The fraction of sp³-hybridized carbons (Fsp3) is 0.444. The molecule has 0 saturated heterocycles. The Morgan fingerprint density at radius 2 is 0.711 bits per heavy atom. The van der Waals surface area contributed by atoms with Gasteiger partial charge in [-0.15, -0.1) is 0 Å². The maximum absolute atomic E-state index is 11.3. The molecule has 0 atom stereocenters. The van der Waals surface area contributed by atoms with E-state index in [4.69, 9.17) is 0 Å². The Morgan fingerprint density at radius 3 is 0.956 bits per heavy atom.